The van der Waals surface area contributed by atoms with Crippen LogP contribution >= 0.6 is 0 Å². The molecule has 2 amide bonds. The van der Waals surface area contributed by atoms with Gasteiger partial charge in [-0.25, -0.2) is 9.18 Å². The van der Waals surface area contributed by atoms with E-state index in [0.29, 0.717) is 11.3 Å². The fourth-order valence-corrected chi connectivity index (χ4v) is 3.39. The van der Waals surface area contributed by atoms with Crippen molar-refractivity contribution in [1.82, 2.24) is 10.2 Å². The predicted octanol–water partition coefficient (Wildman–Crippen LogP) is 3.60. The number of hydrogen-bond donors (Lipinski definition) is 1. The molecule has 0 radical (unpaired) electrons. The van der Waals surface area contributed by atoms with Gasteiger partial charge in [0, 0.05) is 38.5 Å². The van der Waals surface area contributed by atoms with Crippen molar-refractivity contribution in [2.75, 3.05) is 31.6 Å². The molecule has 1 N–H and O–H groups in total. The molecule has 1 atom stereocenters. The average molecular weight is 439 g/mol. The molecular weight excluding hydrogens is 411 g/mol. The molecular formula is C24H27FN4O3. The van der Waals surface area contributed by atoms with E-state index in [-0.39, 0.29) is 19.0 Å². The van der Waals surface area contributed by atoms with Gasteiger partial charge in [0.25, 0.3) is 0 Å². The third-order valence-corrected chi connectivity index (χ3v) is 5.16. The molecule has 0 aromatic heterocycles. The maximum atomic E-state index is 14.9. The Hall–Kier alpha value is -3.68. The van der Waals surface area contributed by atoms with E-state index in [1.807, 2.05) is 42.4 Å². The minimum absolute atomic E-state index is 0.199. The summed E-state index contributed by atoms with van der Waals surface area (Å²) in [5.41, 5.74) is 2.78. The SMILES string of the molecule is C=N/C=C\N(C)CCc1ccc(-c2ccc(N3CC(CNC(C)=O)OC3=O)cc2F)cc1. The van der Waals surface area contributed by atoms with Crippen molar-refractivity contribution in [3.8, 4) is 11.1 Å². The number of cyclic esters (lactones) is 1. The third kappa shape index (κ3) is 5.94. The fourth-order valence-electron chi connectivity index (χ4n) is 3.39. The second-order valence-electron chi connectivity index (χ2n) is 7.63. The lowest BCUT2D eigenvalue weighted by molar-refractivity contribution is -0.119. The van der Waals surface area contributed by atoms with Crippen LogP contribution < -0.4 is 10.2 Å². The Bertz CT molecular complexity index is 1010. The van der Waals surface area contributed by atoms with Gasteiger partial charge in [0.15, 0.2) is 0 Å². The molecule has 168 valence electrons. The van der Waals surface area contributed by atoms with Crippen LogP contribution in [0, 0.1) is 5.82 Å². The van der Waals surface area contributed by atoms with E-state index in [1.165, 1.54) is 17.9 Å². The number of carbonyl (C=O) groups is 2. The zero-order valence-electron chi connectivity index (χ0n) is 18.3. The van der Waals surface area contributed by atoms with Gasteiger partial charge >= 0.3 is 6.09 Å². The van der Waals surface area contributed by atoms with Gasteiger partial charge in [-0.05, 0) is 42.5 Å². The predicted molar refractivity (Wildman–Crippen MR) is 123 cm³/mol. The molecule has 1 aliphatic heterocycles. The Balaban J connectivity index is 1.65. The van der Waals surface area contributed by atoms with Crippen molar-refractivity contribution < 1.29 is 18.7 Å². The summed E-state index contributed by atoms with van der Waals surface area (Å²) in [5.74, 6) is -0.620. The minimum Gasteiger partial charge on any atom is -0.442 e. The summed E-state index contributed by atoms with van der Waals surface area (Å²) in [4.78, 5) is 30.3. The summed E-state index contributed by atoms with van der Waals surface area (Å²) in [6.07, 6.45) is 3.32. The Kier molecular flexibility index (Phi) is 7.59. The molecule has 8 heteroatoms. The number of carbonyl (C=O) groups excluding carboxylic acids is 2. The fraction of sp³-hybridized carbons (Fsp3) is 0.292. The lowest BCUT2D eigenvalue weighted by Gasteiger charge is -2.15. The van der Waals surface area contributed by atoms with Crippen LogP contribution in [0.1, 0.15) is 12.5 Å². The van der Waals surface area contributed by atoms with E-state index >= 15 is 0 Å². The number of nitrogens with one attached hydrogen (secondary N) is 1. The summed E-state index contributed by atoms with van der Waals surface area (Å²) in [6.45, 7) is 6.10. The Morgan fingerprint density at radius 3 is 2.75 bits per heavy atom. The van der Waals surface area contributed by atoms with E-state index in [4.69, 9.17) is 4.74 Å². The van der Waals surface area contributed by atoms with Crippen LogP contribution in [0.5, 0.6) is 0 Å². The summed E-state index contributed by atoms with van der Waals surface area (Å²) in [7, 11) is 1.96. The molecule has 1 saturated heterocycles. The number of aliphatic imine (C=N–C) groups is 1. The van der Waals surface area contributed by atoms with E-state index in [2.05, 4.69) is 17.0 Å². The summed E-state index contributed by atoms with van der Waals surface area (Å²) < 4.78 is 20.1. The van der Waals surface area contributed by atoms with Gasteiger partial charge < -0.3 is 15.0 Å². The lowest BCUT2D eigenvalue weighted by atomic mass is 10.0. The molecule has 1 fully saturated rings. The van der Waals surface area contributed by atoms with E-state index in [1.54, 1.807) is 18.3 Å². The summed E-state index contributed by atoms with van der Waals surface area (Å²) in [6, 6.07) is 12.4. The number of nitrogens with zero attached hydrogens (tertiary/aromatic N) is 3. The van der Waals surface area contributed by atoms with E-state index < -0.39 is 18.0 Å². The van der Waals surface area contributed by atoms with Crippen molar-refractivity contribution in [3.63, 3.8) is 0 Å². The highest BCUT2D eigenvalue weighted by atomic mass is 19.1. The van der Waals surface area contributed by atoms with Crippen molar-refractivity contribution in [2.45, 2.75) is 19.4 Å². The minimum atomic E-state index is -0.555. The van der Waals surface area contributed by atoms with Gasteiger partial charge in [-0.2, -0.15) is 0 Å². The number of rotatable bonds is 9. The smallest absolute Gasteiger partial charge is 0.414 e. The molecule has 0 saturated carbocycles. The summed E-state index contributed by atoms with van der Waals surface area (Å²) in [5, 5.41) is 2.62. The first-order valence-corrected chi connectivity index (χ1v) is 10.3. The number of anilines is 1. The molecule has 32 heavy (non-hydrogen) atoms. The Morgan fingerprint density at radius 1 is 1.34 bits per heavy atom. The van der Waals surface area contributed by atoms with E-state index in [0.717, 1.165) is 24.1 Å². The van der Waals surface area contributed by atoms with Crippen LogP contribution in [-0.4, -0.2) is 56.4 Å². The second-order valence-corrected chi connectivity index (χ2v) is 7.63. The van der Waals surface area contributed by atoms with Crippen LogP contribution in [0.3, 0.4) is 0 Å². The number of hydrogen-bond acceptors (Lipinski definition) is 5. The van der Waals surface area contributed by atoms with Crippen molar-refractivity contribution >= 4 is 24.4 Å². The van der Waals surface area contributed by atoms with Gasteiger partial charge in [0.2, 0.25) is 5.91 Å². The highest BCUT2D eigenvalue weighted by Gasteiger charge is 2.32. The number of ether oxygens (including phenoxy) is 1. The highest BCUT2D eigenvalue weighted by molar-refractivity contribution is 5.90. The largest absolute Gasteiger partial charge is 0.442 e. The quantitative estimate of drug-likeness (QED) is 0.607. The standard InChI is InChI=1S/C24H27FN4O3/c1-17(30)27-15-21-16-29(24(31)32-21)20-8-9-22(23(25)14-20)19-6-4-18(5-7-19)10-12-28(3)13-11-26-2/h4-9,11,13-14,21H,2,10,12,15-16H2,1,3H3,(H,27,30)/b13-11-. The zero-order chi connectivity index (χ0) is 23.1. The van der Waals surface area contributed by atoms with Crippen LogP contribution in [0.4, 0.5) is 14.9 Å². The third-order valence-electron chi connectivity index (χ3n) is 5.16. The first kappa shape index (κ1) is 23.0. The lowest BCUT2D eigenvalue weighted by Crippen LogP contribution is -2.33. The molecule has 0 bridgehead atoms. The zero-order valence-corrected chi connectivity index (χ0v) is 18.3. The molecule has 1 unspecified atom stereocenters. The van der Waals surface area contributed by atoms with Gasteiger partial charge in [0.05, 0.1) is 18.8 Å². The molecule has 1 heterocycles. The normalized spacial score (nSPS) is 15.7. The van der Waals surface area contributed by atoms with Crippen molar-refractivity contribution in [1.29, 1.82) is 0 Å². The van der Waals surface area contributed by atoms with Crippen molar-refractivity contribution in [2.24, 2.45) is 4.99 Å². The molecule has 3 rings (SSSR count). The van der Waals surface area contributed by atoms with Crippen molar-refractivity contribution in [3.05, 3.63) is 66.2 Å². The Morgan fingerprint density at radius 2 is 2.09 bits per heavy atom. The van der Waals surface area contributed by atoms with Gasteiger partial charge in [-0.1, -0.05) is 24.3 Å². The molecule has 0 spiro atoms. The maximum absolute atomic E-state index is 14.9. The van der Waals surface area contributed by atoms with Crippen LogP contribution in [-0.2, 0) is 16.0 Å². The topological polar surface area (TPSA) is 74.2 Å². The maximum Gasteiger partial charge on any atom is 0.414 e. The number of likely N-dealkylation sites (N-methyl/N-ethyl adjacent to an activating group) is 1. The van der Waals surface area contributed by atoms with Gasteiger partial charge in [0.1, 0.15) is 11.9 Å². The van der Waals surface area contributed by atoms with Gasteiger partial charge in [-0.3, -0.25) is 14.7 Å². The number of amides is 2. The monoisotopic (exact) mass is 438 g/mol. The number of halogens is 1. The second kappa shape index (κ2) is 10.6. The van der Waals surface area contributed by atoms with E-state index in [9.17, 15) is 14.0 Å². The first-order valence-electron chi connectivity index (χ1n) is 10.3. The van der Waals surface area contributed by atoms with Gasteiger partial charge in [-0.15, -0.1) is 0 Å². The molecule has 2 aromatic rings. The Labute approximate surface area is 187 Å². The molecule has 2 aromatic carbocycles. The molecule has 7 nitrogen and oxygen atoms in total. The number of benzene rings is 2. The molecule has 1 aliphatic rings. The molecule has 0 aliphatic carbocycles. The van der Waals surface area contributed by atoms with Crippen LogP contribution in [0.2, 0.25) is 0 Å². The highest BCUT2D eigenvalue weighted by Crippen LogP contribution is 2.29. The summed E-state index contributed by atoms with van der Waals surface area (Å²) >= 11 is 0. The van der Waals surface area contributed by atoms with Crippen LogP contribution in [0.15, 0.2) is 59.9 Å². The average Bonchev–Trinajstić information content (AvgIpc) is 3.15. The van der Waals surface area contributed by atoms with Crippen LogP contribution in [0.25, 0.3) is 11.1 Å². The first-order chi connectivity index (χ1) is 15.4.